The number of carboxylic acids is 1. The first-order valence-electron chi connectivity index (χ1n) is 3.07. The maximum Gasteiger partial charge on any atom is 0.371 e. The molecular formula is C6H12O6. The van der Waals surface area contributed by atoms with Gasteiger partial charge in [0.2, 0.25) is 5.78 Å². The molecule has 6 heteroatoms. The number of carbonyl (C=O) groups excluding carboxylic acids is 1. The standard InChI is InChI=1S/C3H8O3.C3H4O3/c2*1-2(4)3(5)6/h2-6H,1H3;1H3,(H,5,6)/t2-;/m1./s1. The van der Waals surface area contributed by atoms with Gasteiger partial charge in [0.1, 0.15) is 6.10 Å². The van der Waals surface area contributed by atoms with E-state index in [1.807, 2.05) is 0 Å². The van der Waals surface area contributed by atoms with Crippen LogP contribution in [0.25, 0.3) is 0 Å². The largest absolute Gasteiger partial charge is 0.476 e. The second-order valence-corrected chi connectivity index (χ2v) is 2.02. The van der Waals surface area contributed by atoms with E-state index in [9.17, 15) is 9.59 Å². The Morgan fingerprint density at radius 3 is 1.33 bits per heavy atom. The van der Waals surface area contributed by atoms with Crippen molar-refractivity contribution in [2.75, 3.05) is 0 Å². The molecule has 72 valence electrons. The van der Waals surface area contributed by atoms with Crippen molar-refractivity contribution in [2.45, 2.75) is 26.2 Å². The van der Waals surface area contributed by atoms with Crippen LogP contribution in [-0.2, 0) is 9.59 Å². The Bertz CT molecular complexity index is 132. The van der Waals surface area contributed by atoms with Gasteiger partial charge >= 0.3 is 5.97 Å². The predicted molar refractivity (Wildman–Crippen MR) is 38.2 cm³/mol. The molecule has 0 saturated carbocycles. The Morgan fingerprint density at radius 2 is 1.33 bits per heavy atom. The van der Waals surface area contributed by atoms with Gasteiger partial charge in [0.25, 0.3) is 0 Å². The van der Waals surface area contributed by atoms with Crippen LogP contribution in [0.5, 0.6) is 0 Å². The maximum atomic E-state index is 9.54. The molecule has 0 aromatic rings. The first kappa shape index (κ1) is 13.6. The molecule has 0 spiro atoms. The SMILES string of the molecule is CC(=O)C(=O)O.C[C@@H](O)C(O)O. The first-order chi connectivity index (χ1) is 5.29. The van der Waals surface area contributed by atoms with Crippen LogP contribution in [0, 0.1) is 0 Å². The molecule has 0 amide bonds. The average Bonchev–Trinajstić information content (AvgIpc) is 1.88. The lowest BCUT2D eigenvalue weighted by atomic mass is 10.4. The molecule has 0 aliphatic rings. The zero-order valence-corrected chi connectivity index (χ0v) is 6.76. The summed E-state index contributed by atoms with van der Waals surface area (Å²) in [5, 5.41) is 31.6. The fourth-order valence-electron chi connectivity index (χ4n) is 0. The molecule has 0 bridgehead atoms. The molecule has 0 rings (SSSR count). The molecule has 1 atom stereocenters. The van der Waals surface area contributed by atoms with E-state index < -0.39 is 24.1 Å². The van der Waals surface area contributed by atoms with E-state index in [0.717, 1.165) is 6.92 Å². The molecule has 6 nitrogen and oxygen atoms in total. The van der Waals surface area contributed by atoms with Gasteiger partial charge in [-0.15, -0.1) is 0 Å². The second kappa shape index (κ2) is 6.71. The second-order valence-electron chi connectivity index (χ2n) is 2.02. The molecule has 0 aromatic heterocycles. The van der Waals surface area contributed by atoms with Gasteiger partial charge in [-0.3, -0.25) is 4.79 Å². The smallest absolute Gasteiger partial charge is 0.371 e. The summed E-state index contributed by atoms with van der Waals surface area (Å²) in [6.45, 7) is 2.30. The van der Waals surface area contributed by atoms with Gasteiger partial charge in [0.15, 0.2) is 6.29 Å². The highest BCUT2D eigenvalue weighted by Crippen LogP contribution is 1.81. The van der Waals surface area contributed by atoms with E-state index in [4.69, 9.17) is 20.4 Å². The highest BCUT2D eigenvalue weighted by molar-refractivity contribution is 6.31. The fourth-order valence-corrected chi connectivity index (χ4v) is 0. The summed E-state index contributed by atoms with van der Waals surface area (Å²) in [5.74, 6) is -2.20. The van der Waals surface area contributed by atoms with Crippen LogP contribution in [0.2, 0.25) is 0 Å². The summed E-state index contributed by atoms with van der Waals surface area (Å²) < 4.78 is 0. The van der Waals surface area contributed by atoms with Crippen LogP contribution in [0.3, 0.4) is 0 Å². The lowest BCUT2D eigenvalue weighted by Crippen LogP contribution is -2.20. The topological polar surface area (TPSA) is 115 Å². The van der Waals surface area contributed by atoms with Crippen LogP contribution < -0.4 is 0 Å². The van der Waals surface area contributed by atoms with E-state index in [1.165, 1.54) is 6.92 Å². The Morgan fingerprint density at radius 1 is 1.17 bits per heavy atom. The summed E-state index contributed by atoms with van der Waals surface area (Å²) in [6.07, 6.45) is -2.63. The fraction of sp³-hybridized carbons (Fsp3) is 0.667. The summed E-state index contributed by atoms with van der Waals surface area (Å²) >= 11 is 0. The summed E-state index contributed by atoms with van der Waals surface area (Å²) in [4.78, 5) is 18.9. The molecular weight excluding hydrogens is 168 g/mol. The Hall–Kier alpha value is -0.980. The third-order valence-corrected chi connectivity index (χ3v) is 0.733. The van der Waals surface area contributed by atoms with E-state index >= 15 is 0 Å². The zero-order chi connectivity index (χ0) is 10.3. The molecule has 0 unspecified atom stereocenters. The van der Waals surface area contributed by atoms with Crippen LogP contribution in [-0.4, -0.2) is 44.6 Å². The van der Waals surface area contributed by atoms with Gasteiger partial charge in [-0.05, 0) is 6.92 Å². The van der Waals surface area contributed by atoms with E-state index in [2.05, 4.69) is 0 Å². The number of hydrogen-bond donors (Lipinski definition) is 4. The van der Waals surface area contributed by atoms with Crippen LogP contribution >= 0.6 is 0 Å². The maximum absolute atomic E-state index is 9.54. The third-order valence-electron chi connectivity index (χ3n) is 0.733. The molecule has 0 fully saturated rings. The molecule has 0 heterocycles. The Balaban J connectivity index is 0. The number of aliphatic hydroxyl groups is 3. The molecule has 0 saturated heterocycles. The van der Waals surface area contributed by atoms with Crippen molar-refractivity contribution in [3.63, 3.8) is 0 Å². The summed E-state index contributed by atoms with van der Waals surface area (Å²) in [6, 6.07) is 0. The summed E-state index contributed by atoms with van der Waals surface area (Å²) in [5.41, 5.74) is 0. The van der Waals surface area contributed by atoms with Gasteiger partial charge in [0.05, 0.1) is 0 Å². The normalized spacial score (nSPS) is 11.5. The van der Waals surface area contributed by atoms with Gasteiger partial charge < -0.3 is 20.4 Å². The highest BCUT2D eigenvalue weighted by atomic mass is 16.5. The Kier molecular flexibility index (Phi) is 7.61. The van der Waals surface area contributed by atoms with Crippen molar-refractivity contribution in [3.8, 4) is 0 Å². The monoisotopic (exact) mass is 180 g/mol. The number of rotatable bonds is 2. The van der Waals surface area contributed by atoms with Crippen molar-refractivity contribution >= 4 is 11.8 Å². The number of Topliss-reactive ketones (excluding diaryl/α,β-unsaturated/α-hetero) is 1. The number of hydrogen-bond acceptors (Lipinski definition) is 5. The molecule has 0 aliphatic carbocycles. The van der Waals surface area contributed by atoms with Crippen LogP contribution in [0.1, 0.15) is 13.8 Å². The van der Waals surface area contributed by atoms with Crippen LogP contribution in [0.4, 0.5) is 0 Å². The minimum atomic E-state index is -1.59. The van der Waals surface area contributed by atoms with E-state index in [0.29, 0.717) is 0 Å². The molecule has 12 heavy (non-hydrogen) atoms. The predicted octanol–water partition coefficient (Wildman–Crippen LogP) is -1.66. The van der Waals surface area contributed by atoms with Gasteiger partial charge in [-0.2, -0.15) is 0 Å². The lowest BCUT2D eigenvalue weighted by Gasteiger charge is -2.02. The number of aliphatic carboxylic acids is 1. The highest BCUT2D eigenvalue weighted by Gasteiger charge is 2.02. The quantitative estimate of drug-likeness (QED) is 0.298. The molecule has 0 aliphatic heterocycles. The third kappa shape index (κ3) is 11.8. The van der Waals surface area contributed by atoms with Crippen LogP contribution in [0.15, 0.2) is 0 Å². The first-order valence-corrected chi connectivity index (χ1v) is 3.07. The van der Waals surface area contributed by atoms with Gasteiger partial charge in [-0.25, -0.2) is 4.79 Å². The van der Waals surface area contributed by atoms with Crippen molar-refractivity contribution in [1.29, 1.82) is 0 Å². The minimum Gasteiger partial charge on any atom is -0.476 e. The number of ketones is 1. The number of aliphatic hydroxyl groups excluding tert-OH is 2. The van der Waals surface area contributed by atoms with E-state index in [1.54, 1.807) is 0 Å². The van der Waals surface area contributed by atoms with Crippen molar-refractivity contribution in [3.05, 3.63) is 0 Å². The van der Waals surface area contributed by atoms with Crippen molar-refractivity contribution in [2.24, 2.45) is 0 Å². The summed E-state index contributed by atoms with van der Waals surface area (Å²) in [7, 11) is 0. The minimum absolute atomic E-state index is 0.824. The zero-order valence-electron chi connectivity index (χ0n) is 6.76. The van der Waals surface area contributed by atoms with Crippen molar-refractivity contribution in [1.82, 2.24) is 0 Å². The van der Waals surface area contributed by atoms with E-state index in [-0.39, 0.29) is 0 Å². The van der Waals surface area contributed by atoms with Gasteiger partial charge in [-0.1, -0.05) is 0 Å². The lowest BCUT2D eigenvalue weighted by molar-refractivity contribution is -0.148. The molecule has 0 aromatic carbocycles. The number of carbonyl (C=O) groups is 2. The Labute approximate surface area is 69.1 Å². The van der Waals surface area contributed by atoms with Crippen molar-refractivity contribution < 1.29 is 30.0 Å². The van der Waals surface area contributed by atoms with Gasteiger partial charge in [0, 0.05) is 6.92 Å². The molecule has 0 radical (unpaired) electrons. The average molecular weight is 180 g/mol. The molecule has 4 N–H and O–H groups in total. The number of carboxylic acid groups (broad SMARTS) is 1.